The molecule has 1 saturated heterocycles. The number of hydrogen-bond donors (Lipinski definition) is 1. The van der Waals surface area contributed by atoms with Crippen LogP contribution in [0.3, 0.4) is 0 Å². The second-order valence-corrected chi connectivity index (χ2v) is 8.93. The third kappa shape index (κ3) is 4.06. The first-order chi connectivity index (χ1) is 13.1. The van der Waals surface area contributed by atoms with Crippen LogP contribution in [0.4, 0.5) is 5.13 Å². The summed E-state index contributed by atoms with van der Waals surface area (Å²) in [7, 11) is 0. The summed E-state index contributed by atoms with van der Waals surface area (Å²) in [6, 6.07) is 8.12. The van der Waals surface area contributed by atoms with Crippen LogP contribution in [-0.4, -0.2) is 50.3 Å². The van der Waals surface area contributed by atoms with Gasteiger partial charge in [-0.25, -0.2) is 4.98 Å². The maximum Gasteiger partial charge on any atom is 0.270 e. The van der Waals surface area contributed by atoms with Crippen LogP contribution in [0.25, 0.3) is 10.2 Å². The van der Waals surface area contributed by atoms with Crippen molar-refractivity contribution in [2.45, 2.75) is 13.8 Å². The number of thiophene rings is 1. The van der Waals surface area contributed by atoms with E-state index in [-0.39, 0.29) is 5.91 Å². The minimum atomic E-state index is 0.0473. The summed E-state index contributed by atoms with van der Waals surface area (Å²) in [4.78, 5) is 22.1. The normalized spacial score (nSPS) is 15.3. The first kappa shape index (κ1) is 18.6. The van der Waals surface area contributed by atoms with E-state index in [1.807, 2.05) is 22.4 Å². The van der Waals surface area contributed by atoms with E-state index < -0.39 is 0 Å². The number of nitrogens with one attached hydrogen (secondary N) is 1. The number of thiazole rings is 1. The predicted molar refractivity (Wildman–Crippen MR) is 111 cm³/mol. The van der Waals surface area contributed by atoms with Crippen LogP contribution in [-0.2, 0) is 4.74 Å². The first-order valence-corrected chi connectivity index (χ1v) is 11.0. The van der Waals surface area contributed by atoms with Crippen molar-refractivity contribution in [3.63, 3.8) is 0 Å². The zero-order valence-electron chi connectivity index (χ0n) is 15.7. The van der Waals surface area contributed by atoms with Crippen molar-refractivity contribution in [1.82, 2.24) is 4.98 Å². The van der Waals surface area contributed by atoms with E-state index in [2.05, 4.69) is 26.0 Å². The number of carbonyl (C=O) groups excluding carboxylic acids is 1. The lowest BCUT2D eigenvalue weighted by Gasteiger charge is -2.26. The Morgan fingerprint density at radius 3 is 2.85 bits per heavy atom. The molecule has 3 aromatic rings. The third-order valence-corrected chi connectivity index (χ3v) is 6.80. The molecule has 5 nitrogen and oxygen atoms in total. The van der Waals surface area contributed by atoms with Crippen LogP contribution in [0.15, 0.2) is 29.6 Å². The fourth-order valence-electron chi connectivity index (χ4n) is 3.47. The maximum atomic E-state index is 13.2. The summed E-state index contributed by atoms with van der Waals surface area (Å²) in [6.45, 7) is 9.36. The lowest BCUT2D eigenvalue weighted by Crippen LogP contribution is -3.14. The molecule has 0 atom stereocenters. The number of hydrogen-bond acceptors (Lipinski definition) is 5. The number of benzene rings is 1. The van der Waals surface area contributed by atoms with E-state index in [1.54, 1.807) is 11.3 Å². The number of nitrogens with zero attached hydrogens (tertiary/aromatic N) is 2. The maximum absolute atomic E-state index is 13.2. The average molecular weight is 403 g/mol. The van der Waals surface area contributed by atoms with Crippen LogP contribution < -0.4 is 9.80 Å². The number of rotatable bonds is 5. The van der Waals surface area contributed by atoms with Crippen LogP contribution in [0, 0.1) is 13.8 Å². The highest BCUT2D eigenvalue weighted by Gasteiger charge is 2.25. The van der Waals surface area contributed by atoms with Gasteiger partial charge in [0.25, 0.3) is 5.91 Å². The number of quaternary nitrogens is 1. The summed E-state index contributed by atoms with van der Waals surface area (Å²) >= 11 is 3.10. The van der Waals surface area contributed by atoms with Crippen LogP contribution in [0.1, 0.15) is 20.8 Å². The highest BCUT2D eigenvalue weighted by atomic mass is 32.1. The molecular formula is C20H24N3O2S2+. The largest absolute Gasteiger partial charge is 0.370 e. The molecular weight excluding hydrogens is 378 g/mol. The first-order valence-electron chi connectivity index (χ1n) is 9.26. The fraction of sp³-hybridized carbons (Fsp3) is 0.400. The molecule has 27 heavy (non-hydrogen) atoms. The number of carbonyl (C=O) groups is 1. The highest BCUT2D eigenvalue weighted by Crippen LogP contribution is 2.32. The summed E-state index contributed by atoms with van der Waals surface area (Å²) in [6.07, 6.45) is 0. The van der Waals surface area contributed by atoms with Crippen molar-refractivity contribution in [3.8, 4) is 0 Å². The molecule has 0 radical (unpaired) electrons. The average Bonchev–Trinajstić information content (AvgIpc) is 3.32. The molecule has 2 aromatic heterocycles. The van der Waals surface area contributed by atoms with E-state index in [1.165, 1.54) is 21.8 Å². The van der Waals surface area contributed by atoms with Crippen molar-refractivity contribution < 1.29 is 14.4 Å². The van der Waals surface area contributed by atoms with Crippen LogP contribution >= 0.6 is 22.7 Å². The number of amides is 1. The SMILES string of the molecule is Cc1cc(C)c2nc(N(CC[NH+]3CCOCC3)C(=O)c3cccs3)sc2c1. The molecule has 0 aliphatic carbocycles. The third-order valence-electron chi connectivity index (χ3n) is 4.92. The monoisotopic (exact) mass is 402 g/mol. The molecule has 0 bridgehead atoms. The fourth-order valence-corrected chi connectivity index (χ4v) is 5.31. The Hall–Kier alpha value is -1.80. The van der Waals surface area contributed by atoms with Crippen LogP contribution in [0.2, 0.25) is 0 Å². The zero-order valence-corrected chi connectivity index (χ0v) is 17.3. The molecule has 142 valence electrons. The number of aryl methyl sites for hydroxylation is 2. The van der Waals surface area contributed by atoms with Gasteiger partial charge >= 0.3 is 0 Å². The van der Waals surface area contributed by atoms with Gasteiger partial charge in [-0.2, -0.15) is 0 Å². The van der Waals surface area contributed by atoms with Gasteiger partial charge in [-0.15, -0.1) is 11.3 Å². The number of ether oxygens (including phenoxy) is 1. The van der Waals surface area contributed by atoms with Gasteiger partial charge in [0, 0.05) is 0 Å². The Kier molecular flexibility index (Phi) is 5.54. The standard InChI is InChI=1S/C20H23N3O2S2/c1-14-12-15(2)18-17(13-14)27-20(21-18)23(19(24)16-4-3-11-26-16)6-5-22-7-9-25-10-8-22/h3-4,11-13H,5-10H2,1-2H3/p+1. The molecule has 1 fully saturated rings. The van der Waals surface area contributed by atoms with Crippen molar-refractivity contribution >= 4 is 43.9 Å². The van der Waals surface area contributed by atoms with E-state index >= 15 is 0 Å². The summed E-state index contributed by atoms with van der Waals surface area (Å²) in [5, 5.41) is 2.74. The smallest absolute Gasteiger partial charge is 0.270 e. The highest BCUT2D eigenvalue weighted by molar-refractivity contribution is 7.22. The minimum absolute atomic E-state index is 0.0473. The number of morpholine rings is 1. The predicted octanol–water partition coefficient (Wildman–Crippen LogP) is 2.54. The topological polar surface area (TPSA) is 46.9 Å². The van der Waals surface area contributed by atoms with Gasteiger partial charge in [0.05, 0.1) is 41.4 Å². The quantitative estimate of drug-likeness (QED) is 0.713. The summed E-state index contributed by atoms with van der Waals surface area (Å²) in [5.41, 5.74) is 3.39. The summed E-state index contributed by atoms with van der Waals surface area (Å²) < 4.78 is 6.60. The molecule has 1 N–H and O–H groups in total. The van der Waals surface area contributed by atoms with Gasteiger partial charge in [0.2, 0.25) is 0 Å². The van der Waals surface area contributed by atoms with Gasteiger partial charge in [-0.3, -0.25) is 9.69 Å². The Morgan fingerprint density at radius 1 is 1.30 bits per heavy atom. The lowest BCUT2D eigenvalue weighted by molar-refractivity contribution is -0.906. The van der Waals surface area contributed by atoms with E-state index in [0.717, 1.165) is 58.6 Å². The molecule has 3 heterocycles. The minimum Gasteiger partial charge on any atom is -0.370 e. The number of anilines is 1. The lowest BCUT2D eigenvalue weighted by atomic mass is 10.1. The van der Waals surface area contributed by atoms with Crippen molar-refractivity contribution in [2.75, 3.05) is 44.3 Å². The molecule has 4 rings (SSSR count). The molecule has 1 aromatic carbocycles. The number of fused-ring (bicyclic) bond motifs is 1. The van der Waals surface area contributed by atoms with Gasteiger partial charge in [-0.05, 0) is 42.5 Å². The Labute approximate surface area is 167 Å². The molecule has 1 aliphatic rings. The van der Waals surface area contributed by atoms with E-state index in [4.69, 9.17) is 9.72 Å². The van der Waals surface area contributed by atoms with Gasteiger partial charge in [-0.1, -0.05) is 23.5 Å². The van der Waals surface area contributed by atoms with Crippen LogP contribution in [0.5, 0.6) is 0 Å². The zero-order chi connectivity index (χ0) is 18.8. The molecule has 7 heteroatoms. The van der Waals surface area contributed by atoms with Gasteiger partial charge in [0.1, 0.15) is 13.1 Å². The molecule has 1 aliphatic heterocycles. The Bertz CT molecular complexity index is 930. The van der Waals surface area contributed by atoms with Gasteiger partial charge in [0.15, 0.2) is 5.13 Å². The second-order valence-electron chi connectivity index (χ2n) is 6.97. The van der Waals surface area contributed by atoms with E-state index in [0.29, 0.717) is 6.54 Å². The Morgan fingerprint density at radius 2 is 2.11 bits per heavy atom. The molecule has 0 unspecified atom stereocenters. The number of aromatic nitrogens is 1. The summed E-state index contributed by atoms with van der Waals surface area (Å²) in [5.74, 6) is 0.0473. The van der Waals surface area contributed by atoms with Crippen molar-refractivity contribution in [1.29, 1.82) is 0 Å². The van der Waals surface area contributed by atoms with Crippen molar-refractivity contribution in [3.05, 3.63) is 45.6 Å². The second kappa shape index (κ2) is 8.06. The van der Waals surface area contributed by atoms with E-state index in [9.17, 15) is 4.79 Å². The molecule has 0 spiro atoms. The Balaban J connectivity index is 1.64. The van der Waals surface area contributed by atoms with Crippen molar-refractivity contribution in [2.24, 2.45) is 0 Å². The molecule has 0 saturated carbocycles. The molecule has 1 amide bonds. The van der Waals surface area contributed by atoms with Gasteiger partial charge < -0.3 is 9.64 Å².